The first-order valence-electron chi connectivity index (χ1n) is 8.50. The fraction of sp³-hybridized carbons (Fsp3) is 0.368. The molecule has 0 radical (unpaired) electrons. The number of amides is 1. The van der Waals surface area contributed by atoms with Gasteiger partial charge in [-0.2, -0.15) is 0 Å². The largest absolute Gasteiger partial charge is 0.356 e. The van der Waals surface area contributed by atoms with Crippen molar-refractivity contribution in [3.8, 4) is 0 Å². The molecule has 0 unspecified atom stereocenters. The van der Waals surface area contributed by atoms with Gasteiger partial charge < -0.3 is 15.5 Å². The maximum Gasteiger partial charge on any atom is 0.261 e. The van der Waals surface area contributed by atoms with Gasteiger partial charge in [0.05, 0.1) is 4.88 Å². The zero-order chi connectivity index (χ0) is 18.8. The van der Waals surface area contributed by atoms with Crippen molar-refractivity contribution in [3.63, 3.8) is 0 Å². The van der Waals surface area contributed by atoms with Crippen LogP contribution < -0.4 is 10.6 Å². The van der Waals surface area contributed by atoms with Crippen LogP contribution in [0.4, 0.5) is 0 Å². The summed E-state index contributed by atoms with van der Waals surface area (Å²) in [6.07, 6.45) is 2.92. The standard InChI is InChI=1S/C19H26N4OS2.HI/c1-20-19(23(2)14-15-7-9-16(25-3)10-8-15)22-12-5-11-21-18(24)17-6-4-13-26-17;/h4,6-10,13H,5,11-12,14H2,1-3H3,(H,20,22)(H,21,24);1H. The number of carbonyl (C=O) groups excluding carboxylic acids is 1. The molecule has 0 spiro atoms. The lowest BCUT2D eigenvalue weighted by molar-refractivity contribution is 0.0957. The van der Waals surface area contributed by atoms with Gasteiger partial charge in [0.15, 0.2) is 5.96 Å². The lowest BCUT2D eigenvalue weighted by Crippen LogP contribution is -2.39. The fourth-order valence-corrected chi connectivity index (χ4v) is 3.50. The molecule has 1 heterocycles. The first-order valence-corrected chi connectivity index (χ1v) is 10.6. The molecular formula is C19H27IN4OS2. The molecule has 2 N–H and O–H groups in total. The number of guanidine groups is 1. The first kappa shape index (κ1) is 23.8. The summed E-state index contributed by atoms with van der Waals surface area (Å²) in [6.45, 7) is 2.19. The van der Waals surface area contributed by atoms with Gasteiger partial charge in [0, 0.05) is 38.6 Å². The van der Waals surface area contributed by atoms with Crippen LogP contribution in [0.25, 0.3) is 0 Å². The van der Waals surface area contributed by atoms with Crippen molar-refractivity contribution in [2.45, 2.75) is 17.9 Å². The van der Waals surface area contributed by atoms with Crippen LogP contribution in [0.3, 0.4) is 0 Å². The minimum absolute atomic E-state index is 0. The van der Waals surface area contributed by atoms with Gasteiger partial charge in [0.1, 0.15) is 0 Å². The number of nitrogens with one attached hydrogen (secondary N) is 2. The molecule has 0 bridgehead atoms. The molecule has 5 nitrogen and oxygen atoms in total. The van der Waals surface area contributed by atoms with Gasteiger partial charge in [-0.25, -0.2) is 0 Å². The minimum Gasteiger partial charge on any atom is -0.356 e. The van der Waals surface area contributed by atoms with Crippen LogP contribution in [0.1, 0.15) is 21.7 Å². The Kier molecular flexibility index (Phi) is 11.5. The van der Waals surface area contributed by atoms with E-state index in [9.17, 15) is 4.79 Å². The van der Waals surface area contributed by atoms with Crippen molar-refractivity contribution < 1.29 is 4.79 Å². The van der Waals surface area contributed by atoms with Crippen molar-refractivity contribution in [2.75, 3.05) is 33.4 Å². The van der Waals surface area contributed by atoms with E-state index in [4.69, 9.17) is 0 Å². The third-order valence-electron chi connectivity index (χ3n) is 3.82. The van der Waals surface area contributed by atoms with Crippen LogP contribution >= 0.6 is 47.1 Å². The van der Waals surface area contributed by atoms with Crippen molar-refractivity contribution >= 4 is 58.9 Å². The maximum atomic E-state index is 11.9. The number of carbonyl (C=O) groups is 1. The summed E-state index contributed by atoms with van der Waals surface area (Å²) >= 11 is 3.20. The second kappa shape index (κ2) is 13.0. The summed E-state index contributed by atoms with van der Waals surface area (Å²) in [5.41, 5.74) is 1.25. The van der Waals surface area contributed by atoms with Crippen molar-refractivity contribution in [2.24, 2.45) is 4.99 Å². The Labute approximate surface area is 187 Å². The molecule has 2 aromatic rings. The van der Waals surface area contributed by atoms with E-state index < -0.39 is 0 Å². The van der Waals surface area contributed by atoms with Gasteiger partial charge in [-0.05, 0) is 41.8 Å². The highest BCUT2D eigenvalue weighted by Gasteiger charge is 2.07. The van der Waals surface area contributed by atoms with E-state index in [2.05, 4.69) is 51.0 Å². The number of benzene rings is 1. The predicted molar refractivity (Wildman–Crippen MR) is 128 cm³/mol. The SMILES string of the molecule is CN=C(NCCCNC(=O)c1cccs1)N(C)Cc1ccc(SC)cc1.I. The molecule has 0 aliphatic rings. The third kappa shape index (κ3) is 8.10. The Balaban J connectivity index is 0.00000364. The molecule has 148 valence electrons. The first-order chi connectivity index (χ1) is 12.6. The Morgan fingerprint density at radius 1 is 1.19 bits per heavy atom. The highest BCUT2D eigenvalue weighted by Crippen LogP contribution is 2.15. The van der Waals surface area contributed by atoms with Crippen molar-refractivity contribution in [3.05, 3.63) is 52.2 Å². The number of rotatable bonds is 8. The van der Waals surface area contributed by atoms with E-state index in [-0.39, 0.29) is 29.9 Å². The molecule has 0 fully saturated rings. The van der Waals surface area contributed by atoms with E-state index in [1.807, 2.05) is 24.6 Å². The van der Waals surface area contributed by atoms with Gasteiger partial charge in [0.2, 0.25) is 0 Å². The third-order valence-corrected chi connectivity index (χ3v) is 5.43. The van der Waals surface area contributed by atoms with Gasteiger partial charge >= 0.3 is 0 Å². The molecule has 0 aliphatic heterocycles. The van der Waals surface area contributed by atoms with E-state index in [1.54, 1.807) is 18.8 Å². The molecule has 1 amide bonds. The molecule has 8 heteroatoms. The Morgan fingerprint density at radius 2 is 1.89 bits per heavy atom. The Hall–Kier alpha value is -1.26. The molecular weight excluding hydrogens is 491 g/mol. The highest BCUT2D eigenvalue weighted by molar-refractivity contribution is 14.0. The van der Waals surface area contributed by atoms with E-state index >= 15 is 0 Å². The molecule has 1 aromatic carbocycles. The molecule has 0 saturated heterocycles. The normalized spacial score (nSPS) is 10.9. The van der Waals surface area contributed by atoms with Crippen LogP contribution in [-0.4, -0.2) is 50.2 Å². The molecule has 27 heavy (non-hydrogen) atoms. The second-order valence-electron chi connectivity index (χ2n) is 5.76. The van der Waals surface area contributed by atoms with Gasteiger partial charge in [-0.3, -0.25) is 9.79 Å². The van der Waals surface area contributed by atoms with Crippen LogP contribution in [-0.2, 0) is 6.54 Å². The second-order valence-corrected chi connectivity index (χ2v) is 7.59. The molecule has 0 atom stereocenters. The fourth-order valence-electron chi connectivity index (χ4n) is 2.45. The van der Waals surface area contributed by atoms with E-state index in [0.717, 1.165) is 30.3 Å². The van der Waals surface area contributed by atoms with Gasteiger partial charge in [-0.1, -0.05) is 18.2 Å². The highest BCUT2D eigenvalue weighted by atomic mass is 127. The Morgan fingerprint density at radius 3 is 2.48 bits per heavy atom. The summed E-state index contributed by atoms with van der Waals surface area (Å²) in [7, 11) is 3.81. The lowest BCUT2D eigenvalue weighted by Gasteiger charge is -2.22. The van der Waals surface area contributed by atoms with Crippen LogP contribution in [0.5, 0.6) is 0 Å². The lowest BCUT2D eigenvalue weighted by atomic mass is 10.2. The number of aliphatic imine (C=N–C) groups is 1. The number of hydrogen-bond donors (Lipinski definition) is 2. The molecule has 1 aromatic heterocycles. The summed E-state index contributed by atoms with van der Waals surface area (Å²) in [6, 6.07) is 12.3. The average Bonchev–Trinajstić information content (AvgIpc) is 3.20. The van der Waals surface area contributed by atoms with Crippen LogP contribution in [0.2, 0.25) is 0 Å². The predicted octanol–water partition coefficient (Wildman–Crippen LogP) is 3.92. The van der Waals surface area contributed by atoms with E-state index in [0.29, 0.717) is 6.54 Å². The van der Waals surface area contributed by atoms with Gasteiger partial charge in [0.25, 0.3) is 5.91 Å². The van der Waals surface area contributed by atoms with Gasteiger partial charge in [-0.15, -0.1) is 47.1 Å². The zero-order valence-electron chi connectivity index (χ0n) is 15.9. The monoisotopic (exact) mass is 518 g/mol. The zero-order valence-corrected chi connectivity index (χ0v) is 19.9. The number of halogens is 1. The van der Waals surface area contributed by atoms with Crippen molar-refractivity contribution in [1.82, 2.24) is 15.5 Å². The number of hydrogen-bond acceptors (Lipinski definition) is 4. The van der Waals surface area contributed by atoms with Crippen molar-refractivity contribution in [1.29, 1.82) is 0 Å². The molecule has 0 aliphatic carbocycles. The topological polar surface area (TPSA) is 56.7 Å². The quantitative estimate of drug-likeness (QED) is 0.183. The summed E-state index contributed by atoms with van der Waals surface area (Å²) in [5, 5.41) is 8.18. The smallest absolute Gasteiger partial charge is 0.261 e. The molecule has 0 saturated carbocycles. The average molecular weight is 518 g/mol. The molecule has 2 rings (SSSR count). The van der Waals surface area contributed by atoms with E-state index in [1.165, 1.54) is 21.8 Å². The number of nitrogens with zero attached hydrogens (tertiary/aromatic N) is 2. The summed E-state index contributed by atoms with van der Waals surface area (Å²) in [5.74, 6) is 0.846. The summed E-state index contributed by atoms with van der Waals surface area (Å²) < 4.78 is 0. The Bertz CT molecular complexity index is 705. The van der Waals surface area contributed by atoms with Crippen LogP contribution in [0, 0.1) is 0 Å². The minimum atomic E-state index is -0.00445. The summed E-state index contributed by atoms with van der Waals surface area (Å²) in [4.78, 5) is 20.3. The maximum absolute atomic E-state index is 11.9. The number of thiophene rings is 1. The number of thioether (sulfide) groups is 1. The van der Waals surface area contributed by atoms with Crippen LogP contribution in [0.15, 0.2) is 51.7 Å².